The van der Waals surface area contributed by atoms with E-state index in [0.29, 0.717) is 43.3 Å². The Kier molecular flexibility index (Phi) is 4.81. The molecule has 6 heteroatoms. The lowest BCUT2D eigenvalue weighted by molar-refractivity contribution is -0.0169. The molecule has 0 aliphatic carbocycles. The van der Waals surface area contributed by atoms with Crippen molar-refractivity contribution < 1.29 is 19.0 Å². The van der Waals surface area contributed by atoms with Gasteiger partial charge in [0.2, 0.25) is 0 Å². The number of carbonyl (C=O) groups is 1. The van der Waals surface area contributed by atoms with Crippen LogP contribution in [0.25, 0.3) is 0 Å². The van der Waals surface area contributed by atoms with E-state index in [9.17, 15) is 4.79 Å². The number of amides is 1. The molecule has 1 amide bonds. The Morgan fingerprint density at radius 1 is 1.40 bits per heavy atom. The largest absolute Gasteiger partial charge is 0.496 e. The van der Waals surface area contributed by atoms with Crippen LogP contribution in [0.3, 0.4) is 0 Å². The minimum absolute atomic E-state index is 0.117. The van der Waals surface area contributed by atoms with E-state index < -0.39 is 0 Å². The quantitative estimate of drug-likeness (QED) is 0.869. The third kappa shape index (κ3) is 2.86. The zero-order chi connectivity index (χ0) is 14.5. The van der Waals surface area contributed by atoms with E-state index in [1.165, 1.54) is 14.2 Å². The van der Waals surface area contributed by atoms with E-state index in [4.69, 9.17) is 19.9 Å². The number of hydrogen-bond acceptors (Lipinski definition) is 5. The van der Waals surface area contributed by atoms with Gasteiger partial charge in [-0.1, -0.05) is 6.07 Å². The molecule has 0 saturated carbocycles. The number of nitrogens with two attached hydrogens (primary N) is 1. The molecule has 1 aromatic rings. The summed E-state index contributed by atoms with van der Waals surface area (Å²) in [6.45, 7) is 1.91. The molecule has 1 unspecified atom stereocenters. The molecule has 0 bridgehead atoms. The van der Waals surface area contributed by atoms with Gasteiger partial charge < -0.3 is 24.8 Å². The molecular formula is C14H20N2O4. The van der Waals surface area contributed by atoms with Crippen molar-refractivity contribution >= 4 is 5.91 Å². The summed E-state index contributed by atoms with van der Waals surface area (Å²) in [5, 5.41) is 0. The lowest BCUT2D eigenvalue weighted by Crippen LogP contribution is -2.48. The van der Waals surface area contributed by atoms with Crippen LogP contribution < -0.4 is 15.2 Å². The highest BCUT2D eigenvalue weighted by molar-refractivity contribution is 5.99. The van der Waals surface area contributed by atoms with Crippen molar-refractivity contribution in [2.75, 3.05) is 40.5 Å². The SMILES string of the molecule is COc1cccc(OC)c1C(=O)N1CCOC(CN)C1. The highest BCUT2D eigenvalue weighted by Gasteiger charge is 2.28. The van der Waals surface area contributed by atoms with Gasteiger partial charge >= 0.3 is 0 Å². The Morgan fingerprint density at radius 3 is 2.60 bits per heavy atom. The first-order chi connectivity index (χ1) is 9.71. The first kappa shape index (κ1) is 14.6. The van der Waals surface area contributed by atoms with Gasteiger partial charge in [0.25, 0.3) is 5.91 Å². The van der Waals surface area contributed by atoms with Gasteiger partial charge in [0.15, 0.2) is 0 Å². The van der Waals surface area contributed by atoms with Crippen LogP contribution >= 0.6 is 0 Å². The molecule has 2 N–H and O–H groups in total. The van der Waals surface area contributed by atoms with Crippen molar-refractivity contribution in [3.63, 3.8) is 0 Å². The molecule has 1 heterocycles. The summed E-state index contributed by atoms with van der Waals surface area (Å²) in [7, 11) is 3.07. The summed E-state index contributed by atoms with van der Waals surface area (Å²) in [6.07, 6.45) is -0.117. The van der Waals surface area contributed by atoms with Crippen LogP contribution in [0.1, 0.15) is 10.4 Å². The van der Waals surface area contributed by atoms with Crippen molar-refractivity contribution in [2.24, 2.45) is 5.73 Å². The Morgan fingerprint density at radius 2 is 2.05 bits per heavy atom. The fourth-order valence-corrected chi connectivity index (χ4v) is 2.27. The molecule has 0 spiro atoms. The summed E-state index contributed by atoms with van der Waals surface area (Å²) in [5.74, 6) is 0.885. The minimum Gasteiger partial charge on any atom is -0.496 e. The standard InChI is InChI=1S/C14H20N2O4/c1-18-11-4-3-5-12(19-2)13(11)14(17)16-6-7-20-10(8-15)9-16/h3-5,10H,6-9,15H2,1-2H3. The summed E-state index contributed by atoms with van der Waals surface area (Å²) >= 11 is 0. The number of nitrogens with zero attached hydrogens (tertiary/aromatic N) is 1. The lowest BCUT2D eigenvalue weighted by Gasteiger charge is -2.32. The fourth-order valence-electron chi connectivity index (χ4n) is 2.27. The predicted octanol–water partition coefficient (Wildman–Crippen LogP) is 0.503. The third-order valence-electron chi connectivity index (χ3n) is 3.33. The second-order valence-electron chi connectivity index (χ2n) is 4.52. The van der Waals surface area contributed by atoms with Crippen LogP contribution in [0.15, 0.2) is 18.2 Å². The van der Waals surface area contributed by atoms with Gasteiger partial charge in [0, 0.05) is 19.6 Å². The van der Waals surface area contributed by atoms with Crippen molar-refractivity contribution in [1.29, 1.82) is 0 Å². The van der Waals surface area contributed by atoms with Crippen LogP contribution in [0.4, 0.5) is 0 Å². The van der Waals surface area contributed by atoms with Gasteiger partial charge in [-0.05, 0) is 12.1 Å². The van der Waals surface area contributed by atoms with Crippen LogP contribution in [0, 0.1) is 0 Å². The van der Waals surface area contributed by atoms with Gasteiger partial charge in [0.05, 0.1) is 26.9 Å². The molecule has 1 aliphatic heterocycles. The smallest absolute Gasteiger partial charge is 0.261 e. The van der Waals surface area contributed by atoms with Gasteiger partial charge in [0.1, 0.15) is 17.1 Å². The molecule has 6 nitrogen and oxygen atoms in total. The van der Waals surface area contributed by atoms with Gasteiger partial charge in [-0.3, -0.25) is 4.79 Å². The highest BCUT2D eigenvalue weighted by atomic mass is 16.5. The lowest BCUT2D eigenvalue weighted by atomic mass is 10.1. The maximum atomic E-state index is 12.7. The third-order valence-corrected chi connectivity index (χ3v) is 3.33. The first-order valence-electron chi connectivity index (χ1n) is 6.53. The topological polar surface area (TPSA) is 74.0 Å². The number of morpholine rings is 1. The maximum Gasteiger partial charge on any atom is 0.261 e. The normalized spacial score (nSPS) is 18.8. The maximum absolute atomic E-state index is 12.7. The molecule has 1 atom stereocenters. The molecule has 110 valence electrons. The van der Waals surface area contributed by atoms with E-state index in [0.717, 1.165) is 0 Å². The Hall–Kier alpha value is -1.79. The predicted molar refractivity (Wildman–Crippen MR) is 74.2 cm³/mol. The summed E-state index contributed by atoms with van der Waals surface area (Å²) in [5.41, 5.74) is 6.04. The van der Waals surface area contributed by atoms with E-state index in [1.54, 1.807) is 23.1 Å². The molecule has 20 heavy (non-hydrogen) atoms. The Bertz CT molecular complexity index is 456. The number of hydrogen-bond donors (Lipinski definition) is 1. The Labute approximate surface area is 118 Å². The van der Waals surface area contributed by atoms with E-state index in [1.807, 2.05) is 0 Å². The van der Waals surface area contributed by atoms with Crippen molar-refractivity contribution in [3.8, 4) is 11.5 Å². The van der Waals surface area contributed by atoms with Gasteiger partial charge in [-0.2, -0.15) is 0 Å². The fraction of sp³-hybridized carbons (Fsp3) is 0.500. The van der Waals surface area contributed by atoms with Gasteiger partial charge in [-0.25, -0.2) is 0 Å². The van der Waals surface area contributed by atoms with Crippen molar-refractivity contribution in [1.82, 2.24) is 4.90 Å². The van der Waals surface area contributed by atoms with E-state index >= 15 is 0 Å². The number of methoxy groups -OCH3 is 2. The van der Waals surface area contributed by atoms with Crippen molar-refractivity contribution in [3.05, 3.63) is 23.8 Å². The van der Waals surface area contributed by atoms with Crippen LogP contribution in [0.2, 0.25) is 0 Å². The second kappa shape index (κ2) is 6.58. The molecule has 1 aromatic carbocycles. The van der Waals surface area contributed by atoms with Crippen LogP contribution in [0.5, 0.6) is 11.5 Å². The van der Waals surface area contributed by atoms with Crippen molar-refractivity contribution in [2.45, 2.75) is 6.10 Å². The molecule has 1 aliphatic rings. The number of rotatable bonds is 4. The average Bonchev–Trinajstić information content (AvgIpc) is 2.53. The molecule has 2 rings (SSSR count). The van der Waals surface area contributed by atoms with E-state index in [-0.39, 0.29) is 12.0 Å². The second-order valence-corrected chi connectivity index (χ2v) is 4.52. The molecule has 0 radical (unpaired) electrons. The summed E-state index contributed by atoms with van der Waals surface area (Å²) in [6, 6.07) is 5.28. The van der Waals surface area contributed by atoms with Gasteiger partial charge in [-0.15, -0.1) is 0 Å². The number of ether oxygens (including phenoxy) is 3. The first-order valence-corrected chi connectivity index (χ1v) is 6.53. The average molecular weight is 280 g/mol. The molecule has 1 saturated heterocycles. The Balaban J connectivity index is 2.28. The number of carbonyl (C=O) groups excluding carboxylic acids is 1. The highest BCUT2D eigenvalue weighted by Crippen LogP contribution is 2.30. The molecule has 0 aromatic heterocycles. The van der Waals surface area contributed by atoms with E-state index in [2.05, 4.69) is 0 Å². The zero-order valence-electron chi connectivity index (χ0n) is 11.8. The van der Waals surface area contributed by atoms with Crippen LogP contribution in [-0.2, 0) is 4.74 Å². The molecule has 1 fully saturated rings. The minimum atomic E-state index is -0.124. The zero-order valence-corrected chi connectivity index (χ0v) is 11.8. The monoisotopic (exact) mass is 280 g/mol. The summed E-state index contributed by atoms with van der Waals surface area (Å²) < 4.78 is 16.0. The number of benzene rings is 1. The summed E-state index contributed by atoms with van der Waals surface area (Å²) in [4.78, 5) is 14.4. The molecular weight excluding hydrogens is 260 g/mol. The van der Waals surface area contributed by atoms with Crippen LogP contribution in [-0.4, -0.2) is 57.4 Å².